The third-order valence-electron chi connectivity index (χ3n) is 13.6. The average molecular weight is 1000 g/mol. The summed E-state index contributed by atoms with van der Waals surface area (Å²) in [6.07, 6.45) is 0. The largest absolute Gasteiger partial charge is 2.00 e. The molecule has 0 saturated carbocycles. The SMILES string of the molecule is C.[Cu+2].c1ccc2c(c1)ccc1nc3c(nc12)-c1nc-3nc2[n-]c(nc3nc(nc4[n-]c(n1)c1nc5ccc6ccccc6c5nc41)-c1nc4ccc5ccccc5c4nc1-3)c1nc3ccc4ccccc4c3nc21. The van der Waals surface area contributed by atoms with E-state index >= 15 is 0 Å². The minimum absolute atomic E-state index is 0. The Kier molecular flexibility index (Phi) is 8.62. The monoisotopic (exact) mass is 999 g/mol. The summed E-state index contributed by atoms with van der Waals surface area (Å²) in [7, 11) is 0. The summed E-state index contributed by atoms with van der Waals surface area (Å²) in [5, 5.41) is 7.78. The summed E-state index contributed by atoms with van der Waals surface area (Å²) in [6, 6.07) is 48.2. The van der Waals surface area contributed by atoms with E-state index in [1.54, 1.807) is 0 Å². The molecule has 9 heterocycles. The fraction of sp³-hybridized carbons (Fsp3) is 0.0175. The minimum atomic E-state index is 0. The number of fused-ring (bicyclic) bond motifs is 32. The molecular weight excluding hydrogens is 972 g/mol. The first-order chi connectivity index (χ1) is 35.6. The van der Waals surface area contributed by atoms with Gasteiger partial charge in [0.1, 0.15) is 68.1 Å². The number of nitrogens with zero attached hydrogens (tertiary/aromatic N) is 16. The maximum absolute atomic E-state index is 5.27. The number of hydrogen-bond acceptors (Lipinski definition) is 14. The van der Waals surface area contributed by atoms with Crippen LogP contribution in [0.1, 0.15) is 7.43 Å². The van der Waals surface area contributed by atoms with E-state index < -0.39 is 0 Å². The van der Waals surface area contributed by atoms with Crippen LogP contribution >= 0.6 is 0 Å². The molecule has 15 aromatic rings. The van der Waals surface area contributed by atoms with E-state index in [2.05, 4.69) is 0 Å². The van der Waals surface area contributed by atoms with E-state index in [9.17, 15) is 0 Å². The van der Waals surface area contributed by atoms with Crippen molar-refractivity contribution in [1.82, 2.24) is 79.7 Å². The van der Waals surface area contributed by atoms with E-state index in [0.29, 0.717) is 89.0 Å². The van der Waals surface area contributed by atoms with Crippen molar-refractivity contribution in [3.8, 4) is 46.1 Å². The van der Waals surface area contributed by atoms with Gasteiger partial charge in [-0.1, -0.05) is 129 Å². The van der Waals surface area contributed by atoms with Crippen LogP contribution < -0.4 is 9.97 Å². The van der Waals surface area contributed by atoms with Crippen molar-refractivity contribution >= 4 is 132 Å². The van der Waals surface area contributed by atoms with Crippen LogP contribution in [-0.4, -0.2) is 69.8 Å². The molecule has 1 radical (unpaired) electrons. The van der Waals surface area contributed by atoms with Crippen LogP contribution in [0.5, 0.6) is 0 Å². The van der Waals surface area contributed by atoms with Crippen molar-refractivity contribution in [2.45, 2.75) is 7.43 Å². The molecule has 16 nitrogen and oxygen atoms in total. The van der Waals surface area contributed by atoms with Gasteiger partial charge in [0.2, 0.25) is 0 Å². The molecule has 0 saturated heterocycles. The smallest absolute Gasteiger partial charge is 0.354 e. The van der Waals surface area contributed by atoms with E-state index in [1.165, 1.54) is 0 Å². The zero-order valence-electron chi connectivity index (χ0n) is 37.3. The molecule has 0 amide bonds. The molecule has 0 unspecified atom stereocenters. The van der Waals surface area contributed by atoms with Gasteiger partial charge in [-0.2, -0.15) is 0 Å². The van der Waals surface area contributed by atoms with Crippen molar-refractivity contribution in [3.63, 3.8) is 0 Å². The van der Waals surface area contributed by atoms with E-state index in [1.807, 2.05) is 146 Å². The second-order valence-electron chi connectivity index (χ2n) is 17.8. The predicted molar refractivity (Wildman–Crippen MR) is 283 cm³/mol. The second-order valence-corrected chi connectivity index (χ2v) is 17.8. The Morgan fingerprint density at radius 1 is 0.230 bits per heavy atom. The van der Waals surface area contributed by atoms with Crippen molar-refractivity contribution in [1.29, 1.82) is 0 Å². The Balaban J connectivity index is 0.00000242. The van der Waals surface area contributed by atoms with Crippen LogP contribution in [0.25, 0.3) is 178 Å². The van der Waals surface area contributed by atoms with Gasteiger partial charge in [-0.15, -0.1) is 0 Å². The van der Waals surface area contributed by atoms with Crippen LogP contribution in [0.2, 0.25) is 0 Å². The molecule has 74 heavy (non-hydrogen) atoms. The maximum Gasteiger partial charge on any atom is 2.00 e. The van der Waals surface area contributed by atoms with Gasteiger partial charge >= 0.3 is 17.1 Å². The number of rotatable bonds is 0. The Hall–Kier alpha value is -9.96. The first-order valence-corrected chi connectivity index (χ1v) is 23.1. The molecule has 0 spiro atoms. The van der Waals surface area contributed by atoms with Gasteiger partial charge in [0.15, 0.2) is 0 Å². The molecule has 347 valence electrons. The van der Waals surface area contributed by atoms with E-state index in [0.717, 1.165) is 43.1 Å². The van der Waals surface area contributed by atoms with Crippen LogP contribution in [0.4, 0.5) is 0 Å². The molecule has 2 aliphatic rings. The molecular formula is C57H28CuN16. The first kappa shape index (κ1) is 41.8. The van der Waals surface area contributed by atoms with Crippen LogP contribution in [0, 0.1) is 0 Å². The van der Waals surface area contributed by atoms with Crippen LogP contribution in [-0.2, 0) is 17.1 Å². The topological polar surface area (TPSA) is 209 Å². The summed E-state index contributed by atoms with van der Waals surface area (Å²) in [6.45, 7) is 0. The Morgan fingerprint density at radius 2 is 0.500 bits per heavy atom. The van der Waals surface area contributed by atoms with Gasteiger partial charge in [-0.05, 0) is 45.8 Å². The molecule has 0 atom stereocenters. The van der Waals surface area contributed by atoms with Crippen molar-refractivity contribution in [2.24, 2.45) is 0 Å². The molecule has 8 aromatic carbocycles. The Morgan fingerprint density at radius 3 is 0.838 bits per heavy atom. The molecule has 2 aliphatic heterocycles. The summed E-state index contributed by atoms with van der Waals surface area (Å²) >= 11 is 0. The number of aromatic nitrogens is 16. The quantitative estimate of drug-likeness (QED) is 0.102. The Labute approximate surface area is 425 Å². The molecule has 17 heteroatoms. The van der Waals surface area contributed by atoms with Crippen LogP contribution in [0.3, 0.4) is 0 Å². The van der Waals surface area contributed by atoms with Gasteiger partial charge in [0, 0.05) is 44.1 Å². The zero-order chi connectivity index (χ0) is 46.8. The van der Waals surface area contributed by atoms with Crippen molar-refractivity contribution in [2.75, 3.05) is 0 Å². The van der Waals surface area contributed by atoms with Gasteiger partial charge in [0.25, 0.3) is 0 Å². The third kappa shape index (κ3) is 5.89. The molecule has 0 aliphatic carbocycles. The molecule has 7 aromatic heterocycles. The predicted octanol–water partition coefficient (Wildman–Crippen LogP) is 11.1. The summed E-state index contributed by atoms with van der Waals surface area (Å²) in [5.74, 6) is 0.876. The fourth-order valence-electron chi connectivity index (χ4n) is 10.3. The maximum atomic E-state index is 5.27. The third-order valence-corrected chi connectivity index (χ3v) is 13.6. The summed E-state index contributed by atoms with van der Waals surface area (Å²) in [5.41, 5.74) is 9.47. The summed E-state index contributed by atoms with van der Waals surface area (Å²) in [4.78, 5) is 83.0. The normalized spacial score (nSPS) is 12.1. The van der Waals surface area contributed by atoms with E-state index in [-0.39, 0.29) is 70.4 Å². The van der Waals surface area contributed by atoms with E-state index in [4.69, 9.17) is 79.7 Å². The molecule has 0 N–H and O–H groups in total. The fourth-order valence-corrected chi connectivity index (χ4v) is 10.3. The van der Waals surface area contributed by atoms with Gasteiger partial charge in [-0.25, -0.2) is 49.8 Å². The summed E-state index contributed by atoms with van der Waals surface area (Å²) < 4.78 is 0. The number of hydrogen-bond donors (Lipinski definition) is 0. The van der Waals surface area contributed by atoms with Gasteiger partial charge in [0.05, 0.1) is 44.1 Å². The Bertz CT molecular complexity index is 4890. The first-order valence-electron chi connectivity index (χ1n) is 23.1. The molecule has 17 rings (SSSR count). The van der Waals surface area contributed by atoms with Gasteiger partial charge < -0.3 is 29.9 Å². The van der Waals surface area contributed by atoms with Crippen LogP contribution in [0.15, 0.2) is 146 Å². The standard InChI is InChI=1S/C56H24N16.CH4.Cu/c1-5-13-29-25(9-1)17-21-33-37(29)61-45-41(57-33)49-65-53(45)69-50-42-46(62-38-30-14-6-2-10-26(30)18-22-34(38)58-42)55(66-50)71-52-44-48(64-40-32-16-8-4-12-28(32)20-24-36(40)60-44)56(68-52)72-51-43-47(54(67-51)70-49)63-39-31-15-7-3-11-27(31)19-23-35(39)59-43;;/h1-24H;1H4;/q-2;;+2. The molecule has 0 fully saturated rings. The average Bonchev–Trinajstić information content (AvgIpc) is 4.16. The molecule has 8 bridgehead atoms. The minimum Gasteiger partial charge on any atom is -0.354 e. The van der Waals surface area contributed by atoms with Gasteiger partial charge in [-0.3, -0.25) is 0 Å². The second kappa shape index (κ2) is 15.3. The van der Waals surface area contributed by atoms with Crippen molar-refractivity contribution in [3.05, 3.63) is 146 Å². The van der Waals surface area contributed by atoms with Crippen molar-refractivity contribution < 1.29 is 17.1 Å². The number of benzene rings is 8. The zero-order valence-corrected chi connectivity index (χ0v) is 38.3.